The van der Waals surface area contributed by atoms with Crippen LogP contribution in [0.1, 0.15) is 142 Å². The number of hydrogen-bond acceptors (Lipinski definition) is 7. The van der Waals surface area contributed by atoms with Gasteiger partial charge in [-0.3, -0.25) is 18.6 Å². The van der Waals surface area contributed by atoms with Gasteiger partial charge in [-0.15, -0.1) is 0 Å². The smallest absolute Gasteiger partial charge is 0.462 e. The van der Waals surface area contributed by atoms with E-state index in [4.69, 9.17) is 18.5 Å². The zero-order valence-electron chi connectivity index (χ0n) is 32.4. The topological polar surface area (TPSA) is 108 Å². The van der Waals surface area contributed by atoms with Gasteiger partial charge >= 0.3 is 19.8 Å². The number of likely N-dealkylation sites (N-methyl/N-ethyl adjacent to an activating group) is 1. The third kappa shape index (κ3) is 35.8. The van der Waals surface area contributed by atoms with Crippen LogP contribution in [0.2, 0.25) is 0 Å². The number of quaternary nitrogens is 1. The SMILES string of the molecule is CCCCC/C=C/C/C=C/C/C=C/C/C=C/CCCCCC(=O)O[C@H](COC(=O)CCCCCCCCC)COP(=O)(O)OCC[N+](C)(C)C. The maximum atomic E-state index is 12.6. The van der Waals surface area contributed by atoms with Crippen LogP contribution >= 0.6 is 7.82 Å². The average Bonchev–Trinajstić information content (AvgIpc) is 3.06. The van der Waals surface area contributed by atoms with E-state index in [0.29, 0.717) is 17.4 Å². The quantitative estimate of drug-likeness (QED) is 0.0230. The van der Waals surface area contributed by atoms with Crippen molar-refractivity contribution in [3.63, 3.8) is 0 Å². The fraction of sp³-hybridized carbons (Fsp3) is 0.750. The van der Waals surface area contributed by atoms with Crippen molar-refractivity contribution in [2.45, 2.75) is 148 Å². The summed E-state index contributed by atoms with van der Waals surface area (Å²) < 4.78 is 34.0. The maximum Gasteiger partial charge on any atom is 0.472 e. The number of ether oxygens (including phenoxy) is 2. The van der Waals surface area contributed by atoms with Crippen LogP contribution in [0.15, 0.2) is 48.6 Å². The van der Waals surface area contributed by atoms with E-state index in [9.17, 15) is 19.0 Å². The highest BCUT2D eigenvalue weighted by molar-refractivity contribution is 7.47. The molecule has 0 aliphatic heterocycles. The Hall–Kier alpha value is -2.03. The van der Waals surface area contributed by atoms with Gasteiger partial charge in [0.15, 0.2) is 6.10 Å². The number of hydrogen-bond donors (Lipinski definition) is 1. The van der Waals surface area contributed by atoms with E-state index in [1.165, 1.54) is 51.4 Å². The van der Waals surface area contributed by atoms with E-state index in [2.05, 4.69) is 62.5 Å². The van der Waals surface area contributed by atoms with Gasteiger partial charge < -0.3 is 18.9 Å². The van der Waals surface area contributed by atoms with E-state index in [0.717, 1.165) is 57.8 Å². The number of nitrogens with zero attached hydrogens (tertiary/aromatic N) is 1. The molecule has 0 aromatic rings. The Balaban J connectivity index is 4.43. The molecule has 0 radical (unpaired) electrons. The lowest BCUT2D eigenvalue weighted by Gasteiger charge is -2.24. The van der Waals surface area contributed by atoms with Crippen LogP contribution in [-0.4, -0.2) is 74.9 Å². The Kier molecular flexibility index (Phi) is 31.5. The van der Waals surface area contributed by atoms with E-state index in [-0.39, 0.29) is 32.0 Å². The molecule has 1 unspecified atom stereocenters. The number of rotatable bonds is 34. The van der Waals surface area contributed by atoms with Gasteiger partial charge in [0.2, 0.25) is 0 Å². The van der Waals surface area contributed by atoms with Gasteiger partial charge in [-0.1, -0.05) is 120 Å². The maximum absolute atomic E-state index is 12.6. The number of phosphoric ester groups is 1. The third-order valence-corrected chi connectivity index (χ3v) is 8.85. The molecule has 9 nitrogen and oxygen atoms in total. The highest BCUT2D eigenvalue weighted by Crippen LogP contribution is 2.43. The fourth-order valence-corrected chi connectivity index (χ4v) is 5.50. The Bertz CT molecular complexity index is 1000. The van der Waals surface area contributed by atoms with Crippen molar-refractivity contribution >= 4 is 19.8 Å². The molecule has 0 aromatic heterocycles. The molecule has 0 rings (SSSR count). The van der Waals surface area contributed by atoms with E-state index >= 15 is 0 Å². The van der Waals surface area contributed by atoms with Gasteiger partial charge in [0.1, 0.15) is 19.8 Å². The lowest BCUT2D eigenvalue weighted by Crippen LogP contribution is -2.37. The molecule has 290 valence electrons. The minimum Gasteiger partial charge on any atom is -0.462 e. The Labute approximate surface area is 305 Å². The largest absolute Gasteiger partial charge is 0.472 e. The molecule has 1 N–H and O–H groups in total. The van der Waals surface area contributed by atoms with E-state index in [1.54, 1.807) is 0 Å². The van der Waals surface area contributed by atoms with Crippen molar-refractivity contribution in [2.75, 3.05) is 47.5 Å². The van der Waals surface area contributed by atoms with Crippen molar-refractivity contribution in [1.82, 2.24) is 0 Å². The molecule has 50 heavy (non-hydrogen) atoms. The summed E-state index contributed by atoms with van der Waals surface area (Å²) in [6.45, 7) is 4.28. The zero-order chi connectivity index (χ0) is 37.2. The first-order chi connectivity index (χ1) is 24.0. The number of unbranched alkanes of at least 4 members (excludes halogenated alkanes) is 12. The molecule has 0 heterocycles. The second-order valence-corrected chi connectivity index (χ2v) is 15.4. The number of allylic oxidation sites excluding steroid dienone is 8. The summed E-state index contributed by atoms with van der Waals surface area (Å²) in [4.78, 5) is 35.0. The molecule has 0 saturated carbocycles. The van der Waals surface area contributed by atoms with Crippen LogP contribution in [0.5, 0.6) is 0 Å². The Morgan fingerprint density at radius 2 is 1.08 bits per heavy atom. The zero-order valence-corrected chi connectivity index (χ0v) is 33.3. The Morgan fingerprint density at radius 1 is 0.620 bits per heavy atom. The molecule has 0 aliphatic rings. The number of phosphoric acid groups is 1. The summed E-state index contributed by atoms with van der Waals surface area (Å²) >= 11 is 0. The first kappa shape index (κ1) is 48.0. The summed E-state index contributed by atoms with van der Waals surface area (Å²) in [6.07, 6.45) is 36.1. The van der Waals surface area contributed by atoms with Gasteiger partial charge in [-0.25, -0.2) is 4.57 Å². The lowest BCUT2D eigenvalue weighted by molar-refractivity contribution is -0.870. The minimum absolute atomic E-state index is 0.0240. The first-order valence-corrected chi connectivity index (χ1v) is 20.9. The van der Waals surface area contributed by atoms with Gasteiger partial charge in [0.25, 0.3) is 0 Å². The van der Waals surface area contributed by atoms with Crippen molar-refractivity contribution in [1.29, 1.82) is 0 Å². The van der Waals surface area contributed by atoms with Crippen molar-refractivity contribution < 1.29 is 42.1 Å². The summed E-state index contributed by atoms with van der Waals surface area (Å²) in [5.74, 6) is -0.846. The highest BCUT2D eigenvalue weighted by atomic mass is 31.2. The first-order valence-electron chi connectivity index (χ1n) is 19.4. The minimum atomic E-state index is -4.37. The van der Waals surface area contributed by atoms with Gasteiger partial charge in [-0.2, -0.15) is 0 Å². The Morgan fingerprint density at radius 3 is 1.64 bits per heavy atom. The van der Waals surface area contributed by atoms with E-state index < -0.39 is 26.5 Å². The molecule has 0 aliphatic carbocycles. The van der Waals surface area contributed by atoms with Crippen LogP contribution < -0.4 is 0 Å². The fourth-order valence-electron chi connectivity index (χ4n) is 4.76. The number of carbonyl (C=O) groups excluding carboxylic acids is 2. The summed E-state index contributed by atoms with van der Waals surface area (Å²) in [5.41, 5.74) is 0. The third-order valence-electron chi connectivity index (χ3n) is 7.86. The molecular weight excluding hydrogens is 653 g/mol. The molecule has 0 bridgehead atoms. The van der Waals surface area contributed by atoms with Crippen LogP contribution in [0.25, 0.3) is 0 Å². The van der Waals surface area contributed by atoms with Gasteiger partial charge in [0.05, 0.1) is 27.7 Å². The molecule has 10 heteroatoms. The summed E-state index contributed by atoms with van der Waals surface area (Å²) in [5, 5.41) is 0. The lowest BCUT2D eigenvalue weighted by atomic mass is 10.1. The summed E-state index contributed by atoms with van der Waals surface area (Å²) in [6, 6.07) is 0. The van der Waals surface area contributed by atoms with Crippen LogP contribution in [-0.2, 0) is 32.7 Å². The molecule has 0 aromatic carbocycles. The summed E-state index contributed by atoms with van der Waals surface area (Å²) in [7, 11) is 1.45. The van der Waals surface area contributed by atoms with Crippen molar-refractivity contribution in [2.24, 2.45) is 0 Å². The normalized spacial score (nSPS) is 14.3. The predicted molar refractivity (Wildman–Crippen MR) is 206 cm³/mol. The van der Waals surface area contributed by atoms with E-state index in [1.807, 2.05) is 21.1 Å². The van der Waals surface area contributed by atoms with Crippen LogP contribution in [0, 0.1) is 0 Å². The standard InChI is InChI=1S/C40H72NO8P/c1-6-8-10-12-14-15-16-17-18-19-20-21-22-23-24-25-27-29-31-33-40(43)49-38(37-48-50(44,45)47-35-34-41(3,4)5)36-46-39(42)32-30-28-26-13-11-9-7-2/h14-15,17-18,20-21,23-24,38H,6-13,16,19,22,25-37H2,1-5H3/p+1/b15-14+,18-17+,21-20+,24-23+/t38-/m1/s1. The van der Waals surface area contributed by atoms with Crippen LogP contribution in [0.3, 0.4) is 0 Å². The monoisotopic (exact) mass is 727 g/mol. The van der Waals surface area contributed by atoms with Crippen molar-refractivity contribution in [3.8, 4) is 0 Å². The molecule has 2 atom stereocenters. The molecule has 0 spiro atoms. The second kappa shape index (κ2) is 32.8. The number of carbonyl (C=O) groups is 2. The van der Waals surface area contributed by atoms with Crippen LogP contribution in [0.4, 0.5) is 0 Å². The molecular formula is C40H73NO8P+. The molecule has 0 amide bonds. The molecule has 0 saturated heterocycles. The van der Waals surface area contributed by atoms with Gasteiger partial charge in [-0.05, 0) is 57.8 Å². The highest BCUT2D eigenvalue weighted by Gasteiger charge is 2.27. The van der Waals surface area contributed by atoms with Gasteiger partial charge in [0, 0.05) is 12.8 Å². The average molecular weight is 727 g/mol. The molecule has 0 fully saturated rings. The van der Waals surface area contributed by atoms with Crippen molar-refractivity contribution in [3.05, 3.63) is 48.6 Å². The second-order valence-electron chi connectivity index (χ2n) is 14.0. The predicted octanol–water partition coefficient (Wildman–Crippen LogP) is 10.3. The number of esters is 2.